The van der Waals surface area contributed by atoms with E-state index in [1.807, 2.05) is 0 Å². The Morgan fingerprint density at radius 2 is 2.33 bits per heavy atom. The average molecular weight is 251 g/mol. The van der Waals surface area contributed by atoms with Crippen LogP contribution in [0.5, 0.6) is 0 Å². The van der Waals surface area contributed by atoms with Crippen LogP contribution in [0.15, 0.2) is 6.20 Å². The molecule has 1 aromatic heterocycles. The number of methoxy groups -OCH3 is 1. The number of H-pyrrole nitrogens is 1. The summed E-state index contributed by atoms with van der Waals surface area (Å²) in [4.78, 5) is 23.3. The summed E-state index contributed by atoms with van der Waals surface area (Å²) in [6.07, 6.45) is 3.81. The fraction of sp³-hybridized carbons (Fsp3) is 0.583. The molecule has 1 heterocycles. The van der Waals surface area contributed by atoms with E-state index in [0.29, 0.717) is 11.5 Å². The second-order valence-electron chi connectivity index (χ2n) is 4.61. The molecular weight excluding hydrogens is 234 g/mol. The minimum absolute atomic E-state index is 0.140. The summed E-state index contributed by atoms with van der Waals surface area (Å²) in [7, 11) is 1.36. The molecule has 1 aliphatic rings. The Morgan fingerprint density at radius 3 is 2.83 bits per heavy atom. The summed E-state index contributed by atoms with van der Waals surface area (Å²) >= 11 is 0. The first-order valence-corrected chi connectivity index (χ1v) is 5.99. The van der Waals surface area contributed by atoms with Crippen LogP contribution < -0.4 is 5.32 Å². The van der Waals surface area contributed by atoms with Crippen molar-refractivity contribution in [2.24, 2.45) is 5.92 Å². The van der Waals surface area contributed by atoms with E-state index < -0.39 is 0 Å². The van der Waals surface area contributed by atoms with Gasteiger partial charge in [-0.2, -0.15) is 5.10 Å². The molecule has 6 nitrogen and oxygen atoms in total. The van der Waals surface area contributed by atoms with Crippen molar-refractivity contribution < 1.29 is 14.3 Å². The van der Waals surface area contributed by atoms with Crippen LogP contribution in [0, 0.1) is 12.8 Å². The fourth-order valence-electron chi connectivity index (χ4n) is 1.92. The lowest BCUT2D eigenvalue weighted by Crippen LogP contribution is -2.38. The SMILES string of the molecule is COC(=O)C[C@@H](NC(=O)c1cn[nH]c1C)C1CC1. The first-order chi connectivity index (χ1) is 8.61. The summed E-state index contributed by atoms with van der Waals surface area (Å²) in [5.41, 5.74) is 1.24. The number of amides is 1. The fourth-order valence-corrected chi connectivity index (χ4v) is 1.92. The molecule has 0 unspecified atom stereocenters. The third-order valence-electron chi connectivity index (χ3n) is 3.20. The Hall–Kier alpha value is -1.85. The first kappa shape index (κ1) is 12.6. The van der Waals surface area contributed by atoms with Crippen molar-refractivity contribution >= 4 is 11.9 Å². The molecule has 1 aromatic rings. The largest absolute Gasteiger partial charge is 0.469 e. The number of nitrogens with one attached hydrogen (secondary N) is 2. The van der Waals surface area contributed by atoms with Crippen molar-refractivity contribution in [3.05, 3.63) is 17.5 Å². The minimum Gasteiger partial charge on any atom is -0.469 e. The van der Waals surface area contributed by atoms with Gasteiger partial charge in [-0.3, -0.25) is 14.7 Å². The van der Waals surface area contributed by atoms with Gasteiger partial charge < -0.3 is 10.1 Å². The first-order valence-electron chi connectivity index (χ1n) is 5.99. The van der Waals surface area contributed by atoms with E-state index in [-0.39, 0.29) is 24.3 Å². The smallest absolute Gasteiger partial charge is 0.307 e. The van der Waals surface area contributed by atoms with Crippen molar-refractivity contribution in [3.8, 4) is 0 Å². The molecule has 6 heteroatoms. The van der Waals surface area contributed by atoms with Crippen molar-refractivity contribution in [1.29, 1.82) is 0 Å². The van der Waals surface area contributed by atoms with E-state index in [0.717, 1.165) is 18.5 Å². The van der Waals surface area contributed by atoms with Gasteiger partial charge in [-0.25, -0.2) is 0 Å². The maximum atomic E-state index is 12.0. The molecule has 0 spiro atoms. The van der Waals surface area contributed by atoms with Gasteiger partial charge in [0.25, 0.3) is 5.91 Å². The van der Waals surface area contributed by atoms with Gasteiger partial charge in [0.15, 0.2) is 0 Å². The summed E-state index contributed by atoms with van der Waals surface area (Å²) in [5.74, 6) is -0.0987. The van der Waals surface area contributed by atoms with Crippen LogP contribution in [0.3, 0.4) is 0 Å². The van der Waals surface area contributed by atoms with E-state index in [9.17, 15) is 9.59 Å². The van der Waals surface area contributed by atoms with Crippen molar-refractivity contribution in [2.45, 2.75) is 32.2 Å². The van der Waals surface area contributed by atoms with Gasteiger partial charge in [-0.1, -0.05) is 0 Å². The second-order valence-corrected chi connectivity index (χ2v) is 4.61. The number of hydrogen-bond donors (Lipinski definition) is 2. The van der Waals surface area contributed by atoms with Crippen LogP contribution in [0.25, 0.3) is 0 Å². The third-order valence-corrected chi connectivity index (χ3v) is 3.20. The standard InChI is InChI=1S/C12H17N3O3/c1-7-9(6-13-15-7)12(17)14-10(8-3-4-8)5-11(16)18-2/h6,8,10H,3-5H2,1-2H3,(H,13,15)(H,14,17)/t10-/m1/s1. The normalized spacial score (nSPS) is 16.1. The molecule has 98 valence electrons. The highest BCUT2D eigenvalue weighted by Crippen LogP contribution is 2.34. The van der Waals surface area contributed by atoms with Gasteiger partial charge in [0, 0.05) is 11.7 Å². The highest BCUT2D eigenvalue weighted by Gasteiger charge is 2.34. The van der Waals surface area contributed by atoms with E-state index in [4.69, 9.17) is 0 Å². The van der Waals surface area contributed by atoms with Gasteiger partial charge in [-0.15, -0.1) is 0 Å². The van der Waals surface area contributed by atoms with Crippen LogP contribution in [-0.2, 0) is 9.53 Å². The number of aryl methyl sites for hydroxylation is 1. The van der Waals surface area contributed by atoms with Crippen molar-refractivity contribution in [2.75, 3.05) is 7.11 Å². The number of nitrogens with zero attached hydrogens (tertiary/aromatic N) is 1. The molecule has 0 aliphatic heterocycles. The van der Waals surface area contributed by atoms with Crippen molar-refractivity contribution in [3.63, 3.8) is 0 Å². The topological polar surface area (TPSA) is 84.1 Å². The molecule has 2 N–H and O–H groups in total. The summed E-state index contributed by atoms with van der Waals surface area (Å²) in [6.45, 7) is 1.79. The van der Waals surface area contributed by atoms with Crippen LogP contribution in [0.4, 0.5) is 0 Å². The summed E-state index contributed by atoms with van der Waals surface area (Å²) < 4.78 is 4.65. The number of carbonyl (C=O) groups is 2. The molecule has 0 saturated heterocycles. The highest BCUT2D eigenvalue weighted by atomic mass is 16.5. The Morgan fingerprint density at radius 1 is 1.61 bits per heavy atom. The number of aromatic amines is 1. The molecular formula is C12H17N3O3. The molecule has 2 rings (SSSR count). The molecule has 1 saturated carbocycles. The minimum atomic E-state index is -0.295. The number of carbonyl (C=O) groups excluding carboxylic acids is 2. The number of rotatable bonds is 5. The zero-order valence-corrected chi connectivity index (χ0v) is 10.5. The Labute approximate surface area is 105 Å². The maximum absolute atomic E-state index is 12.0. The lowest BCUT2D eigenvalue weighted by Gasteiger charge is -2.16. The van der Waals surface area contributed by atoms with E-state index in [1.165, 1.54) is 13.3 Å². The molecule has 0 bridgehead atoms. The van der Waals surface area contributed by atoms with Crippen LogP contribution in [-0.4, -0.2) is 35.2 Å². The maximum Gasteiger partial charge on any atom is 0.307 e. The molecule has 1 fully saturated rings. The zero-order valence-electron chi connectivity index (χ0n) is 10.5. The molecule has 0 aromatic carbocycles. The van der Waals surface area contributed by atoms with E-state index >= 15 is 0 Å². The predicted octanol–water partition coefficient (Wildman–Crippen LogP) is 0.790. The summed E-state index contributed by atoms with van der Waals surface area (Å²) in [6, 6.07) is -0.140. The lowest BCUT2D eigenvalue weighted by atomic mass is 10.1. The Bertz CT molecular complexity index is 451. The Balaban J connectivity index is 1.98. The quantitative estimate of drug-likeness (QED) is 0.758. The van der Waals surface area contributed by atoms with E-state index in [2.05, 4.69) is 20.3 Å². The van der Waals surface area contributed by atoms with Gasteiger partial charge in [0.05, 0.1) is 25.3 Å². The van der Waals surface area contributed by atoms with Crippen LogP contribution in [0.1, 0.15) is 35.3 Å². The van der Waals surface area contributed by atoms with Gasteiger partial charge in [0.1, 0.15) is 0 Å². The highest BCUT2D eigenvalue weighted by molar-refractivity contribution is 5.95. The van der Waals surface area contributed by atoms with Gasteiger partial charge >= 0.3 is 5.97 Å². The average Bonchev–Trinajstić information content (AvgIpc) is 3.10. The monoisotopic (exact) mass is 251 g/mol. The number of aromatic nitrogens is 2. The molecule has 18 heavy (non-hydrogen) atoms. The Kier molecular flexibility index (Phi) is 3.64. The number of hydrogen-bond acceptors (Lipinski definition) is 4. The zero-order chi connectivity index (χ0) is 13.1. The molecule has 1 aliphatic carbocycles. The van der Waals surface area contributed by atoms with Crippen molar-refractivity contribution in [1.82, 2.24) is 15.5 Å². The molecule has 0 radical (unpaired) electrons. The third kappa shape index (κ3) is 2.88. The van der Waals surface area contributed by atoms with Gasteiger partial charge in [-0.05, 0) is 25.7 Å². The number of esters is 1. The van der Waals surface area contributed by atoms with Crippen LogP contribution >= 0.6 is 0 Å². The predicted molar refractivity (Wildman–Crippen MR) is 63.9 cm³/mol. The summed E-state index contributed by atoms with van der Waals surface area (Å²) in [5, 5.41) is 9.41. The molecule has 1 atom stereocenters. The molecule has 1 amide bonds. The van der Waals surface area contributed by atoms with E-state index in [1.54, 1.807) is 6.92 Å². The van der Waals surface area contributed by atoms with Crippen LogP contribution in [0.2, 0.25) is 0 Å². The number of ether oxygens (including phenoxy) is 1. The van der Waals surface area contributed by atoms with Gasteiger partial charge in [0.2, 0.25) is 0 Å². The second kappa shape index (κ2) is 5.20. The lowest BCUT2D eigenvalue weighted by molar-refractivity contribution is -0.141.